The molecule has 2 heterocycles. The second-order valence-corrected chi connectivity index (χ2v) is 10.2. The molecule has 0 spiro atoms. The number of phosphoric ester groups is 1. The maximum absolute atomic E-state index is 11.9. The van der Waals surface area contributed by atoms with Gasteiger partial charge in [0.15, 0.2) is 6.23 Å². The Bertz CT molecular complexity index is 1010. The van der Waals surface area contributed by atoms with Crippen molar-refractivity contribution in [3.05, 3.63) is 27.4 Å². The number of rotatable bonds is 8. The van der Waals surface area contributed by atoms with Crippen molar-refractivity contribution in [3.63, 3.8) is 0 Å². The molecule has 7 atom stereocenters. The van der Waals surface area contributed by atoms with Crippen LogP contribution in [0.1, 0.15) is 6.23 Å². The van der Waals surface area contributed by atoms with Crippen molar-refractivity contribution < 1.29 is 120 Å². The number of H-pyrrole nitrogens is 1. The summed E-state index contributed by atoms with van der Waals surface area (Å²) in [6.45, 7) is -1.05. The third kappa shape index (κ3) is 9.88. The Balaban J connectivity index is 0.00000450. The van der Waals surface area contributed by atoms with Crippen LogP contribution in [0, 0.1) is 4.64 Å². The number of aromatic amines is 1. The average molecular weight is 544 g/mol. The van der Waals surface area contributed by atoms with Gasteiger partial charge in [0.05, 0.1) is 6.61 Å². The van der Waals surface area contributed by atoms with Crippen LogP contribution in [0.4, 0.5) is 0 Å². The van der Waals surface area contributed by atoms with E-state index in [1.165, 1.54) is 6.07 Å². The largest absolute Gasteiger partial charge is 1.00 e. The molecule has 22 heteroatoms. The van der Waals surface area contributed by atoms with E-state index in [1.54, 1.807) is 0 Å². The van der Waals surface area contributed by atoms with Crippen molar-refractivity contribution in [2.45, 2.75) is 24.5 Å². The summed E-state index contributed by atoms with van der Waals surface area (Å²) < 4.78 is 50.1. The van der Waals surface area contributed by atoms with Crippen molar-refractivity contribution in [1.82, 2.24) is 9.55 Å². The van der Waals surface area contributed by atoms with E-state index in [2.05, 4.69) is 18.1 Å². The first-order valence-corrected chi connectivity index (χ1v) is 12.0. The predicted octanol–water partition coefficient (Wildman–Crippen LogP) is -8.39. The summed E-state index contributed by atoms with van der Waals surface area (Å²) in [5.74, 6) is 0. The number of nitrogens with zero attached hydrogens (tertiary/aromatic N) is 1. The summed E-state index contributed by atoms with van der Waals surface area (Å²) in [5.41, 5.74) is -0.804. The Morgan fingerprint density at radius 3 is 2.26 bits per heavy atom. The molecule has 1 aliphatic heterocycles. The summed E-state index contributed by atoms with van der Waals surface area (Å²) in [7, 11) is -17.4. The summed E-state index contributed by atoms with van der Waals surface area (Å²) in [6, 6.07) is 1.28. The molecule has 2 rings (SSSR count). The maximum atomic E-state index is 11.9. The van der Waals surface area contributed by atoms with Crippen LogP contribution in [0.5, 0.6) is 0 Å². The molecule has 3 unspecified atom stereocenters. The zero-order valence-electron chi connectivity index (χ0n) is 15.7. The predicted molar refractivity (Wildman–Crippen MR) is 87.2 cm³/mol. The third-order valence-corrected chi connectivity index (χ3v) is 7.24. The van der Waals surface area contributed by atoms with Crippen LogP contribution in [0.25, 0.3) is 0 Å². The third-order valence-electron chi connectivity index (χ3n) is 3.27. The molecule has 1 saturated heterocycles. The van der Waals surface area contributed by atoms with E-state index in [0.29, 0.717) is 0 Å². The van der Waals surface area contributed by atoms with E-state index >= 15 is 0 Å². The SMILES string of the molecule is O=c1[nH]c(=S)ccn1[C@@H]1O[C@H](COP(=O)(O)OP(=O)([O-])OP(=O)([O-])O)[C@@H](O)[C@H]1O.[Na+].[Na+]. The van der Waals surface area contributed by atoms with Gasteiger partial charge in [-0.05, 0) is 6.07 Å². The van der Waals surface area contributed by atoms with Gasteiger partial charge in [0.1, 0.15) is 23.0 Å². The van der Waals surface area contributed by atoms with Crippen molar-refractivity contribution >= 4 is 35.7 Å². The molecule has 0 amide bonds. The van der Waals surface area contributed by atoms with E-state index in [1.807, 2.05) is 0 Å². The summed E-state index contributed by atoms with van der Waals surface area (Å²) >= 11 is 4.74. The van der Waals surface area contributed by atoms with Gasteiger partial charge in [-0.2, -0.15) is 0 Å². The molecule has 16 nitrogen and oxygen atoms in total. The van der Waals surface area contributed by atoms with Crippen molar-refractivity contribution in [3.8, 4) is 0 Å². The minimum atomic E-state index is -6.02. The first-order chi connectivity index (χ1) is 13.1. The van der Waals surface area contributed by atoms with Crippen LogP contribution < -0.4 is 74.6 Å². The molecule has 1 aromatic heterocycles. The van der Waals surface area contributed by atoms with E-state index in [0.717, 1.165) is 10.8 Å². The summed E-state index contributed by atoms with van der Waals surface area (Å²) in [6.07, 6.45) is -5.34. The van der Waals surface area contributed by atoms with Gasteiger partial charge in [-0.3, -0.25) is 23.2 Å². The second-order valence-electron chi connectivity index (χ2n) is 5.41. The summed E-state index contributed by atoms with van der Waals surface area (Å²) in [5, 5.41) is 20.0. The van der Waals surface area contributed by atoms with Gasteiger partial charge in [0.25, 0.3) is 15.6 Å². The molecule has 166 valence electrons. The van der Waals surface area contributed by atoms with Crippen molar-refractivity contribution in [1.29, 1.82) is 0 Å². The Morgan fingerprint density at radius 2 is 1.74 bits per heavy atom. The molecule has 0 aliphatic carbocycles. The molecule has 0 bridgehead atoms. The van der Waals surface area contributed by atoms with Gasteiger partial charge in [-0.15, -0.1) is 0 Å². The van der Waals surface area contributed by atoms with E-state index < -0.39 is 60.3 Å². The molecule has 1 aromatic rings. The maximum Gasteiger partial charge on any atom is 1.00 e. The normalized spacial score (nSPS) is 29.0. The standard InChI is InChI=1S/C9H15N2O14P3S.2Na/c12-6-4(3-22-27(18,19)25-28(20,21)24-26(15,16)17)23-8(7(6)13)11-2-1-5(29)10-9(11)14;;/h1-2,4,6-8,12-13H,3H2,(H,18,19)(H,20,21)(H,10,14,29)(H2,15,16,17);;/q;2*+1/p-2/t4-,6-,7-,8-;;/m1../s1. The number of aliphatic hydroxyl groups excluding tert-OH is 2. The smallest absolute Gasteiger partial charge is 0.756 e. The molecular weight excluding hydrogens is 531 g/mol. The van der Waals surface area contributed by atoms with Gasteiger partial charge in [-0.1, -0.05) is 12.2 Å². The number of ether oxygens (including phenoxy) is 1. The van der Waals surface area contributed by atoms with Gasteiger partial charge < -0.3 is 34.5 Å². The van der Waals surface area contributed by atoms with Crippen LogP contribution in [0.2, 0.25) is 0 Å². The zero-order chi connectivity index (χ0) is 22.2. The number of aliphatic hydroxyl groups is 2. The molecule has 31 heavy (non-hydrogen) atoms. The van der Waals surface area contributed by atoms with Gasteiger partial charge >= 0.3 is 72.6 Å². The van der Waals surface area contributed by atoms with Crippen LogP contribution in [0.15, 0.2) is 17.1 Å². The van der Waals surface area contributed by atoms with Gasteiger partial charge in [-0.25, -0.2) is 18.0 Å². The molecule has 5 N–H and O–H groups in total. The van der Waals surface area contributed by atoms with E-state index in [9.17, 15) is 43.4 Å². The van der Waals surface area contributed by atoms with Crippen molar-refractivity contribution in [2.24, 2.45) is 0 Å². The fraction of sp³-hybridized carbons (Fsp3) is 0.556. The molecule has 0 aromatic carbocycles. The number of nitrogens with one attached hydrogen (secondary N) is 1. The van der Waals surface area contributed by atoms with Gasteiger partial charge in [0, 0.05) is 6.20 Å². The van der Waals surface area contributed by atoms with Crippen LogP contribution in [-0.2, 0) is 31.6 Å². The number of hydrogen-bond acceptors (Lipinski definition) is 13. The van der Waals surface area contributed by atoms with E-state index in [4.69, 9.17) is 21.8 Å². The number of phosphoric acid groups is 3. The molecule has 0 radical (unpaired) electrons. The van der Waals surface area contributed by atoms with Crippen molar-refractivity contribution in [2.75, 3.05) is 6.61 Å². The molecule has 1 fully saturated rings. The monoisotopic (exact) mass is 544 g/mol. The fourth-order valence-electron chi connectivity index (χ4n) is 2.18. The molecular formula is C9H13N2Na2O14P3S. The minimum absolute atomic E-state index is 0. The minimum Gasteiger partial charge on any atom is -0.756 e. The second kappa shape index (κ2) is 12.4. The molecule has 1 aliphatic rings. The molecule has 0 saturated carbocycles. The average Bonchev–Trinajstić information content (AvgIpc) is 2.78. The quantitative estimate of drug-likeness (QED) is 0.116. The topological polar surface area (TPSA) is 253 Å². The van der Waals surface area contributed by atoms with E-state index in [-0.39, 0.29) is 63.8 Å². The Hall–Kier alpha value is 1.39. The Morgan fingerprint density at radius 1 is 1.16 bits per heavy atom. The fourth-order valence-corrected chi connectivity index (χ4v) is 5.26. The van der Waals surface area contributed by atoms with Crippen LogP contribution in [-0.4, -0.2) is 54.5 Å². The Labute approximate surface area is 222 Å². The van der Waals surface area contributed by atoms with Crippen LogP contribution >= 0.6 is 35.7 Å². The first kappa shape index (κ1) is 32.4. The van der Waals surface area contributed by atoms with Gasteiger partial charge in [0.2, 0.25) is 0 Å². The number of aromatic nitrogens is 2. The Kier molecular flexibility index (Phi) is 12.9. The number of hydrogen-bond donors (Lipinski definition) is 5. The zero-order valence-corrected chi connectivity index (χ0v) is 23.2. The summed E-state index contributed by atoms with van der Waals surface area (Å²) in [4.78, 5) is 53.2. The van der Waals surface area contributed by atoms with Crippen LogP contribution in [0.3, 0.4) is 0 Å². The first-order valence-electron chi connectivity index (χ1n) is 7.18.